The van der Waals surface area contributed by atoms with Crippen LogP contribution in [0.25, 0.3) is 0 Å². The number of hydrogen-bond acceptors (Lipinski definition) is 2. The van der Waals surface area contributed by atoms with Gasteiger partial charge in [0.2, 0.25) is 0 Å². The molecule has 2 heteroatoms. The van der Waals surface area contributed by atoms with Crippen molar-refractivity contribution in [2.24, 2.45) is 0 Å². The van der Waals surface area contributed by atoms with Gasteiger partial charge in [0.05, 0.1) is 6.10 Å². The first kappa shape index (κ1) is 11.1. The molecule has 0 aromatic carbocycles. The van der Waals surface area contributed by atoms with Crippen LogP contribution in [0.3, 0.4) is 0 Å². The summed E-state index contributed by atoms with van der Waals surface area (Å²) in [6.07, 6.45) is 5.78. The van der Waals surface area contributed by atoms with Crippen LogP contribution in [0.15, 0.2) is 11.6 Å². The first-order chi connectivity index (χ1) is 5.16. The van der Waals surface area contributed by atoms with Crippen LogP contribution >= 0.6 is 11.8 Å². The van der Waals surface area contributed by atoms with Gasteiger partial charge in [-0.25, -0.2) is 0 Å². The fourth-order valence-corrected chi connectivity index (χ4v) is 1.36. The summed E-state index contributed by atoms with van der Waals surface area (Å²) < 4.78 is 0. The Morgan fingerprint density at radius 2 is 2.18 bits per heavy atom. The number of aliphatic hydroxyl groups is 1. The Kier molecular flexibility index (Phi) is 6.77. The minimum Gasteiger partial charge on any atom is -0.389 e. The van der Waals surface area contributed by atoms with Gasteiger partial charge in [0.15, 0.2) is 0 Å². The van der Waals surface area contributed by atoms with Crippen LogP contribution in [-0.4, -0.2) is 23.2 Å². The average Bonchev–Trinajstić information content (AvgIpc) is 1.86. The summed E-state index contributed by atoms with van der Waals surface area (Å²) in [5.41, 5.74) is 1.20. The van der Waals surface area contributed by atoms with E-state index in [9.17, 15) is 5.11 Å². The summed E-state index contributed by atoms with van der Waals surface area (Å²) in [6.45, 7) is 4.02. The molecule has 66 valence electrons. The van der Waals surface area contributed by atoms with Gasteiger partial charge >= 0.3 is 0 Å². The maximum absolute atomic E-state index is 9.36. The molecule has 11 heavy (non-hydrogen) atoms. The van der Waals surface area contributed by atoms with Crippen molar-refractivity contribution in [3.63, 3.8) is 0 Å². The lowest BCUT2D eigenvalue weighted by molar-refractivity contribution is 0.211. The summed E-state index contributed by atoms with van der Waals surface area (Å²) in [6, 6.07) is 0. The molecule has 1 nitrogen and oxygen atoms in total. The quantitative estimate of drug-likeness (QED) is 0.510. The van der Waals surface area contributed by atoms with E-state index >= 15 is 0 Å². The van der Waals surface area contributed by atoms with Crippen molar-refractivity contribution in [1.29, 1.82) is 0 Å². The second kappa shape index (κ2) is 6.74. The van der Waals surface area contributed by atoms with E-state index < -0.39 is 0 Å². The molecule has 0 amide bonds. The smallest absolute Gasteiger partial charge is 0.0723 e. The van der Waals surface area contributed by atoms with Crippen LogP contribution in [0.1, 0.15) is 26.7 Å². The molecular formula is C9H18OS. The van der Waals surface area contributed by atoms with Gasteiger partial charge in [0.25, 0.3) is 0 Å². The van der Waals surface area contributed by atoms with Crippen molar-refractivity contribution < 1.29 is 5.11 Å². The van der Waals surface area contributed by atoms with Gasteiger partial charge < -0.3 is 5.11 Å². The number of aliphatic hydroxyl groups excluding tert-OH is 1. The third-order valence-corrected chi connectivity index (χ3v) is 2.07. The molecule has 0 radical (unpaired) electrons. The van der Waals surface area contributed by atoms with Gasteiger partial charge in [-0.1, -0.05) is 11.6 Å². The van der Waals surface area contributed by atoms with E-state index in [0.29, 0.717) is 0 Å². The van der Waals surface area contributed by atoms with Crippen molar-refractivity contribution in [1.82, 2.24) is 0 Å². The fourth-order valence-electron chi connectivity index (χ4n) is 0.905. The molecule has 0 rings (SSSR count). The predicted octanol–water partition coefficient (Wildman–Crippen LogP) is 2.46. The summed E-state index contributed by atoms with van der Waals surface area (Å²) in [4.78, 5) is 0. The topological polar surface area (TPSA) is 20.2 Å². The maximum atomic E-state index is 9.36. The Balaban J connectivity index is 3.37. The molecule has 0 aliphatic rings. The second-order valence-electron chi connectivity index (χ2n) is 2.95. The van der Waals surface area contributed by atoms with E-state index in [0.717, 1.165) is 18.6 Å². The highest BCUT2D eigenvalue weighted by molar-refractivity contribution is 7.98. The van der Waals surface area contributed by atoms with Gasteiger partial charge in [-0.3, -0.25) is 0 Å². The Bertz CT molecular complexity index is 117. The molecule has 0 heterocycles. The molecule has 1 N–H and O–H groups in total. The molecule has 0 aliphatic heterocycles. The predicted molar refractivity (Wildman–Crippen MR) is 53.1 cm³/mol. The summed E-state index contributed by atoms with van der Waals surface area (Å²) in [7, 11) is 0. The largest absolute Gasteiger partial charge is 0.389 e. The van der Waals surface area contributed by atoms with Crippen LogP contribution in [-0.2, 0) is 0 Å². The van der Waals surface area contributed by atoms with E-state index in [1.165, 1.54) is 5.57 Å². The zero-order valence-corrected chi connectivity index (χ0v) is 8.45. The van der Waals surface area contributed by atoms with Crippen molar-refractivity contribution >= 4 is 11.8 Å². The molecule has 0 fully saturated rings. The molecular weight excluding hydrogens is 156 g/mol. The van der Waals surface area contributed by atoms with Crippen molar-refractivity contribution in [2.75, 3.05) is 12.0 Å². The van der Waals surface area contributed by atoms with Gasteiger partial charge in [-0.15, -0.1) is 0 Å². The normalized spacial score (nSPS) is 12.7. The van der Waals surface area contributed by atoms with Crippen LogP contribution in [0, 0.1) is 0 Å². The summed E-state index contributed by atoms with van der Waals surface area (Å²) in [5, 5.41) is 9.36. The average molecular weight is 174 g/mol. The molecule has 0 aliphatic carbocycles. The highest BCUT2D eigenvalue weighted by Crippen LogP contribution is 2.05. The first-order valence-corrected chi connectivity index (χ1v) is 5.38. The van der Waals surface area contributed by atoms with Crippen molar-refractivity contribution in [2.45, 2.75) is 32.8 Å². The Morgan fingerprint density at radius 3 is 2.64 bits per heavy atom. The van der Waals surface area contributed by atoms with Crippen molar-refractivity contribution in [3.8, 4) is 0 Å². The Hall–Kier alpha value is 0.0500. The van der Waals surface area contributed by atoms with E-state index in [1.54, 1.807) is 0 Å². The minimum atomic E-state index is -0.229. The second-order valence-corrected chi connectivity index (χ2v) is 3.93. The lowest BCUT2D eigenvalue weighted by Gasteiger charge is -2.04. The van der Waals surface area contributed by atoms with Gasteiger partial charge in [0, 0.05) is 0 Å². The van der Waals surface area contributed by atoms with Crippen LogP contribution in [0.5, 0.6) is 0 Å². The maximum Gasteiger partial charge on any atom is 0.0723 e. The minimum absolute atomic E-state index is 0.229. The number of hydrogen-bond donors (Lipinski definition) is 1. The number of thioether (sulfide) groups is 1. The number of allylic oxidation sites excluding steroid dienone is 1. The molecule has 0 aromatic heterocycles. The van der Waals surface area contributed by atoms with Gasteiger partial charge in [-0.2, -0.15) is 11.8 Å². The molecule has 0 aromatic rings. The number of rotatable bonds is 5. The molecule has 1 atom stereocenters. The van der Waals surface area contributed by atoms with E-state index in [1.807, 2.05) is 31.7 Å². The standard InChI is InChI=1S/C9H18OS/c1-8(2)7-9(10)5-4-6-11-3/h7,9-10H,4-6H2,1-3H3. The van der Waals surface area contributed by atoms with Crippen LogP contribution in [0.2, 0.25) is 0 Å². The Labute approximate surface area is 73.9 Å². The van der Waals surface area contributed by atoms with Gasteiger partial charge in [0.1, 0.15) is 0 Å². The van der Waals surface area contributed by atoms with Crippen LogP contribution < -0.4 is 0 Å². The zero-order valence-electron chi connectivity index (χ0n) is 7.63. The van der Waals surface area contributed by atoms with Crippen molar-refractivity contribution in [3.05, 3.63) is 11.6 Å². The monoisotopic (exact) mass is 174 g/mol. The first-order valence-electron chi connectivity index (χ1n) is 3.99. The molecule has 0 saturated heterocycles. The molecule has 0 saturated carbocycles. The summed E-state index contributed by atoms with van der Waals surface area (Å²) in [5.74, 6) is 1.15. The highest BCUT2D eigenvalue weighted by atomic mass is 32.2. The lowest BCUT2D eigenvalue weighted by atomic mass is 10.1. The third-order valence-electron chi connectivity index (χ3n) is 1.37. The van der Waals surface area contributed by atoms with Crippen LogP contribution in [0.4, 0.5) is 0 Å². The van der Waals surface area contributed by atoms with Gasteiger partial charge in [-0.05, 0) is 38.7 Å². The molecule has 0 bridgehead atoms. The molecule has 0 spiro atoms. The zero-order chi connectivity index (χ0) is 8.69. The lowest BCUT2D eigenvalue weighted by Crippen LogP contribution is -2.02. The SMILES string of the molecule is CSCCCC(O)C=C(C)C. The van der Waals surface area contributed by atoms with E-state index in [-0.39, 0.29) is 6.10 Å². The Morgan fingerprint density at radius 1 is 1.55 bits per heavy atom. The van der Waals surface area contributed by atoms with E-state index in [2.05, 4.69) is 6.26 Å². The molecule has 1 unspecified atom stereocenters. The fraction of sp³-hybridized carbons (Fsp3) is 0.778. The van der Waals surface area contributed by atoms with E-state index in [4.69, 9.17) is 0 Å². The third kappa shape index (κ3) is 7.95. The highest BCUT2D eigenvalue weighted by Gasteiger charge is 1.97. The summed E-state index contributed by atoms with van der Waals surface area (Å²) >= 11 is 1.83.